The van der Waals surface area contributed by atoms with Crippen LogP contribution in [0.15, 0.2) is 60.7 Å². The van der Waals surface area contributed by atoms with Gasteiger partial charge in [-0.25, -0.2) is 0 Å². The van der Waals surface area contributed by atoms with E-state index in [4.69, 9.17) is 13.7 Å². The van der Waals surface area contributed by atoms with Crippen LogP contribution in [0, 0.1) is 0 Å². The van der Waals surface area contributed by atoms with E-state index in [9.17, 15) is 13.2 Å². The van der Waals surface area contributed by atoms with Gasteiger partial charge in [0.1, 0.15) is 24.7 Å². The standard InChI is InChI=1S/C18H20O6S/c1-15(19)24-18(12-22-17-10-6-3-7-11-17)13-23-25(20,21)14-16-8-4-2-5-9-16/h2-11,18H,12-14H2,1H3. The molecule has 0 aliphatic heterocycles. The molecule has 7 heteroatoms. The molecule has 0 aliphatic rings. The maximum absolute atomic E-state index is 12.1. The lowest BCUT2D eigenvalue weighted by Crippen LogP contribution is -2.30. The molecule has 0 saturated carbocycles. The summed E-state index contributed by atoms with van der Waals surface area (Å²) in [6.07, 6.45) is -0.830. The van der Waals surface area contributed by atoms with Crippen molar-refractivity contribution < 1.29 is 26.9 Å². The van der Waals surface area contributed by atoms with Gasteiger partial charge in [-0.3, -0.25) is 8.98 Å². The first-order valence-corrected chi connectivity index (χ1v) is 9.28. The van der Waals surface area contributed by atoms with Gasteiger partial charge < -0.3 is 9.47 Å². The van der Waals surface area contributed by atoms with E-state index in [0.29, 0.717) is 11.3 Å². The maximum atomic E-state index is 12.1. The molecule has 0 bridgehead atoms. The molecule has 1 atom stereocenters. The molecule has 6 nitrogen and oxygen atoms in total. The van der Waals surface area contributed by atoms with Gasteiger partial charge in [0.15, 0.2) is 6.10 Å². The number of benzene rings is 2. The van der Waals surface area contributed by atoms with Crippen LogP contribution in [0.5, 0.6) is 5.75 Å². The number of hydrogen-bond donors (Lipinski definition) is 0. The maximum Gasteiger partial charge on any atom is 0.303 e. The monoisotopic (exact) mass is 364 g/mol. The van der Waals surface area contributed by atoms with Crippen LogP contribution in [0.3, 0.4) is 0 Å². The Balaban J connectivity index is 1.91. The lowest BCUT2D eigenvalue weighted by atomic mass is 10.2. The van der Waals surface area contributed by atoms with Crippen molar-refractivity contribution in [3.63, 3.8) is 0 Å². The van der Waals surface area contributed by atoms with Gasteiger partial charge >= 0.3 is 5.97 Å². The number of esters is 1. The van der Waals surface area contributed by atoms with Crippen LogP contribution in [0.25, 0.3) is 0 Å². The van der Waals surface area contributed by atoms with Gasteiger partial charge in [0.05, 0.1) is 0 Å². The number of para-hydroxylation sites is 1. The highest BCUT2D eigenvalue weighted by Crippen LogP contribution is 2.11. The summed E-state index contributed by atoms with van der Waals surface area (Å²) >= 11 is 0. The van der Waals surface area contributed by atoms with Gasteiger partial charge in [-0.05, 0) is 17.7 Å². The molecular weight excluding hydrogens is 344 g/mol. The molecule has 0 N–H and O–H groups in total. The molecule has 2 rings (SSSR count). The summed E-state index contributed by atoms with van der Waals surface area (Å²) in [5.74, 6) is -0.197. The van der Waals surface area contributed by atoms with Crippen LogP contribution in [0.2, 0.25) is 0 Å². The Bertz CT molecular complexity index is 759. The SMILES string of the molecule is CC(=O)OC(COc1ccccc1)COS(=O)(=O)Cc1ccccc1. The van der Waals surface area contributed by atoms with Crippen LogP contribution < -0.4 is 4.74 Å². The van der Waals surface area contributed by atoms with Crippen LogP contribution in [-0.4, -0.2) is 33.7 Å². The molecule has 134 valence electrons. The zero-order chi connectivity index (χ0) is 18.1. The quantitative estimate of drug-likeness (QED) is 0.503. The number of carbonyl (C=O) groups excluding carboxylic acids is 1. The molecule has 0 amide bonds. The average Bonchev–Trinajstić information content (AvgIpc) is 2.58. The first-order chi connectivity index (χ1) is 11.9. The molecule has 0 aliphatic carbocycles. The van der Waals surface area contributed by atoms with Gasteiger partial charge in [0, 0.05) is 6.92 Å². The molecule has 0 aromatic heterocycles. The molecule has 0 saturated heterocycles. The van der Waals surface area contributed by atoms with Crippen molar-refractivity contribution >= 4 is 16.1 Å². The van der Waals surface area contributed by atoms with E-state index >= 15 is 0 Å². The summed E-state index contributed by atoms with van der Waals surface area (Å²) < 4.78 is 39.7. The third-order valence-electron chi connectivity index (χ3n) is 3.13. The second kappa shape index (κ2) is 9.19. The van der Waals surface area contributed by atoms with E-state index in [2.05, 4.69) is 0 Å². The van der Waals surface area contributed by atoms with Crippen molar-refractivity contribution in [1.82, 2.24) is 0 Å². The summed E-state index contributed by atoms with van der Waals surface area (Å²) in [6.45, 7) is 0.931. The molecule has 0 heterocycles. The normalized spacial score (nSPS) is 12.4. The van der Waals surface area contributed by atoms with Crippen molar-refractivity contribution in [3.05, 3.63) is 66.2 Å². The molecule has 1 unspecified atom stereocenters. The Labute approximate surface area is 147 Å². The molecule has 0 radical (unpaired) electrons. The third kappa shape index (κ3) is 7.36. The predicted octanol–water partition coefficient (Wildman–Crippen LogP) is 2.54. The summed E-state index contributed by atoms with van der Waals surface area (Å²) in [4.78, 5) is 11.2. The van der Waals surface area contributed by atoms with E-state index in [-0.39, 0.29) is 19.0 Å². The molecule has 2 aromatic rings. The van der Waals surface area contributed by atoms with E-state index in [1.165, 1.54) is 6.92 Å². The highest BCUT2D eigenvalue weighted by atomic mass is 32.2. The smallest absolute Gasteiger partial charge is 0.303 e. The van der Waals surface area contributed by atoms with E-state index < -0.39 is 22.2 Å². The Morgan fingerprint density at radius 3 is 2.16 bits per heavy atom. The third-order valence-corrected chi connectivity index (χ3v) is 4.31. The van der Waals surface area contributed by atoms with Crippen molar-refractivity contribution in [2.24, 2.45) is 0 Å². The second-order valence-electron chi connectivity index (χ2n) is 5.33. The number of ether oxygens (including phenoxy) is 2. The minimum Gasteiger partial charge on any atom is -0.490 e. The van der Waals surface area contributed by atoms with E-state index in [0.717, 1.165) is 0 Å². The number of rotatable bonds is 9. The van der Waals surface area contributed by atoms with Crippen LogP contribution in [0.4, 0.5) is 0 Å². The van der Waals surface area contributed by atoms with Gasteiger partial charge in [-0.15, -0.1) is 0 Å². The van der Waals surface area contributed by atoms with Crippen molar-refractivity contribution in [1.29, 1.82) is 0 Å². The highest BCUT2D eigenvalue weighted by Gasteiger charge is 2.19. The summed E-state index contributed by atoms with van der Waals surface area (Å²) in [6, 6.07) is 17.6. The summed E-state index contributed by atoms with van der Waals surface area (Å²) in [5, 5.41) is 0. The lowest BCUT2D eigenvalue weighted by Gasteiger charge is -2.17. The van der Waals surface area contributed by atoms with Crippen molar-refractivity contribution in [2.45, 2.75) is 18.8 Å². The fourth-order valence-electron chi connectivity index (χ4n) is 2.06. The summed E-state index contributed by atoms with van der Waals surface area (Å²) in [7, 11) is -3.80. The Morgan fingerprint density at radius 2 is 1.56 bits per heavy atom. The van der Waals surface area contributed by atoms with Crippen LogP contribution in [0.1, 0.15) is 12.5 Å². The summed E-state index contributed by atoms with van der Waals surface area (Å²) in [5.41, 5.74) is 0.618. The lowest BCUT2D eigenvalue weighted by molar-refractivity contribution is -0.149. The Morgan fingerprint density at radius 1 is 0.960 bits per heavy atom. The fourth-order valence-corrected chi connectivity index (χ4v) is 3.10. The number of carbonyl (C=O) groups is 1. The van der Waals surface area contributed by atoms with Gasteiger partial charge in [0.25, 0.3) is 10.1 Å². The van der Waals surface area contributed by atoms with Crippen molar-refractivity contribution in [2.75, 3.05) is 13.2 Å². The van der Waals surface area contributed by atoms with Crippen LogP contribution in [-0.2, 0) is 29.6 Å². The van der Waals surface area contributed by atoms with Crippen molar-refractivity contribution in [3.8, 4) is 5.75 Å². The molecular formula is C18H20O6S. The van der Waals surface area contributed by atoms with E-state index in [1.54, 1.807) is 54.6 Å². The van der Waals surface area contributed by atoms with Gasteiger partial charge in [0.2, 0.25) is 0 Å². The predicted molar refractivity (Wildman–Crippen MR) is 92.5 cm³/mol. The minimum atomic E-state index is -3.80. The Kier molecular flexibility index (Phi) is 6.97. The Hall–Kier alpha value is -2.38. The largest absolute Gasteiger partial charge is 0.490 e. The second-order valence-corrected chi connectivity index (χ2v) is 6.97. The van der Waals surface area contributed by atoms with Gasteiger partial charge in [-0.1, -0.05) is 48.5 Å². The van der Waals surface area contributed by atoms with Crippen LogP contribution >= 0.6 is 0 Å². The zero-order valence-electron chi connectivity index (χ0n) is 13.8. The molecule has 0 fully saturated rings. The first kappa shape index (κ1) is 19.0. The molecule has 25 heavy (non-hydrogen) atoms. The fraction of sp³-hybridized carbons (Fsp3) is 0.278. The minimum absolute atomic E-state index is 0.00947. The van der Waals surface area contributed by atoms with E-state index in [1.807, 2.05) is 6.07 Å². The molecule has 2 aromatic carbocycles. The highest BCUT2D eigenvalue weighted by molar-refractivity contribution is 7.85. The average molecular weight is 364 g/mol. The number of hydrogen-bond acceptors (Lipinski definition) is 6. The molecule has 0 spiro atoms. The topological polar surface area (TPSA) is 78.9 Å². The van der Waals surface area contributed by atoms with Gasteiger partial charge in [-0.2, -0.15) is 8.42 Å². The zero-order valence-corrected chi connectivity index (χ0v) is 14.6. The first-order valence-electron chi connectivity index (χ1n) is 7.71.